The van der Waals surface area contributed by atoms with E-state index in [1.54, 1.807) is 37.3 Å². The van der Waals surface area contributed by atoms with Gasteiger partial charge >= 0.3 is 0 Å². The minimum absolute atomic E-state index is 0.0199. The van der Waals surface area contributed by atoms with E-state index >= 15 is 0 Å². The summed E-state index contributed by atoms with van der Waals surface area (Å²) in [4.78, 5) is 42.2. The summed E-state index contributed by atoms with van der Waals surface area (Å²) >= 11 is 0. The van der Waals surface area contributed by atoms with Gasteiger partial charge in [-0.3, -0.25) is 14.4 Å². The molecule has 132 valence electrons. The van der Waals surface area contributed by atoms with Gasteiger partial charge in [0, 0.05) is 17.6 Å². The minimum Gasteiger partial charge on any atom is -0.328 e. The largest absolute Gasteiger partial charge is 0.328 e. The molecule has 2 amide bonds. The number of pyridine rings is 1. The molecule has 0 aliphatic heterocycles. The number of aromatic amines is 1. The average molecular weight is 352 g/mol. The summed E-state index contributed by atoms with van der Waals surface area (Å²) in [5, 5.41) is 9.32. The Bertz CT molecular complexity index is 963. The molecule has 1 atom stereocenters. The van der Waals surface area contributed by atoms with E-state index in [4.69, 9.17) is 0 Å². The number of carbonyl (C=O) groups excluding carboxylic acids is 2. The second kappa shape index (κ2) is 7.43. The lowest BCUT2D eigenvalue weighted by molar-refractivity contribution is -0.119. The molecule has 9 nitrogen and oxygen atoms in total. The number of hydrogen-bond acceptors (Lipinski definition) is 5. The third kappa shape index (κ3) is 3.83. The van der Waals surface area contributed by atoms with Crippen molar-refractivity contribution >= 4 is 23.2 Å². The van der Waals surface area contributed by atoms with E-state index in [1.807, 2.05) is 0 Å². The summed E-state index contributed by atoms with van der Waals surface area (Å²) < 4.78 is 1.45. The van der Waals surface area contributed by atoms with Crippen molar-refractivity contribution in [2.75, 3.05) is 10.6 Å². The maximum atomic E-state index is 12.2. The number of hydrogen-bond donors (Lipinski definition) is 3. The number of amides is 2. The summed E-state index contributed by atoms with van der Waals surface area (Å²) in [7, 11) is 0. The molecule has 0 saturated carbocycles. The Labute approximate surface area is 148 Å². The number of carbonyl (C=O) groups is 2. The number of aromatic nitrogens is 4. The zero-order valence-electron chi connectivity index (χ0n) is 13.8. The Morgan fingerprint density at radius 3 is 2.42 bits per heavy atom. The molecule has 0 aliphatic rings. The van der Waals surface area contributed by atoms with Gasteiger partial charge in [-0.2, -0.15) is 5.10 Å². The first-order chi connectivity index (χ1) is 12.5. The molecule has 3 N–H and O–H groups in total. The average Bonchev–Trinajstić information content (AvgIpc) is 3.17. The molecule has 0 aliphatic carbocycles. The van der Waals surface area contributed by atoms with Crippen LogP contribution in [0.4, 0.5) is 11.4 Å². The van der Waals surface area contributed by atoms with Crippen LogP contribution < -0.4 is 16.2 Å². The van der Waals surface area contributed by atoms with E-state index in [-0.39, 0.29) is 11.5 Å². The molecule has 0 saturated heterocycles. The minimum atomic E-state index is -0.512. The van der Waals surface area contributed by atoms with Crippen LogP contribution in [-0.2, 0) is 4.79 Å². The number of anilines is 2. The van der Waals surface area contributed by atoms with Gasteiger partial charge in [0.1, 0.15) is 24.3 Å². The van der Waals surface area contributed by atoms with Crippen LogP contribution in [0.2, 0.25) is 0 Å². The van der Waals surface area contributed by atoms with Gasteiger partial charge in [0.25, 0.3) is 11.5 Å². The van der Waals surface area contributed by atoms with Crippen LogP contribution in [0.15, 0.2) is 60.0 Å². The molecule has 0 unspecified atom stereocenters. The molecule has 9 heteroatoms. The van der Waals surface area contributed by atoms with Gasteiger partial charge in [0.2, 0.25) is 5.91 Å². The van der Waals surface area contributed by atoms with Crippen LogP contribution in [0.3, 0.4) is 0 Å². The normalized spacial score (nSPS) is 11.6. The molecule has 26 heavy (non-hydrogen) atoms. The topological polar surface area (TPSA) is 122 Å². The molecular formula is C17H16N6O3. The zero-order valence-corrected chi connectivity index (χ0v) is 13.8. The molecule has 3 rings (SSSR count). The molecule has 0 spiro atoms. The first-order valence-corrected chi connectivity index (χ1v) is 7.78. The lowest BCUT2D eigenvalue weighted by Crippen LogP contribution is -2.24. The standard InChI is InChI=1S/C17H16N6O3/c1-11(23-10-18-9-20-23)15(24)21-12-4-6-13(7-5-12)22-17(26)14-3-2-8-19-16(14)25/h2-11H,1H3,(H,19,25)(H,21,24)(H,22,26)/t11-/m1/s1. The number of nitrogens with one attached hydrogen (secondary N) is 3. The maximum absolute atomic E-state index is 12.2. The van der Waals surface area contributed by atoms with Crippen molar-refractivity contribution in [2.45, 2.75) is 13.0 Å². The van der Waals surface area contributed by atoms with Crippen molar-refractivity contribution in [3.8, 4) is 0 Å². The Morgan fingerprint density at radius 2 is 1.81 bits per heavy atom. The smallest absolute Gasteiger partial charge is 0.261 e. The van der Waals surface area contributed by atoms with Crippen molar-refractivity contribution < 1.29 is 9.59 Å². The van der Waals surface area contributed by atoms with E-state index in [1.165, 1.54) is 29.6 Å². The predicted octanol–water partition coefficient (Wildman–Crippen LogP) is 1.42. The van der Waals surface area contributed by atoms with Crippen LogP contribution in [0.1, 0.15) is 23.3 Å². The SMILES string of the molecule is C[C@H](C(=O)Nc1ccc(NC(=O)c2ccc[nH]c2=O)cc1)n1cncn1. The highest BCUT2D eigenvalue weighted by Crippen LogP contribution is 2.16. The molecule has 0 fully saturated rings. The second-order valence-corrected chi connectivity index (χ2v) is 5.49. The zero-order chi connectivity index (χ0) is 18.5. The fraction of sp³-hybridized carbons (Fsp3) is 0.118. The first kappa shape index (κ1) is 17.1. The molecule has 2 heterocycles. The second-order valence-electron chi connectivity index (χ2n) is 5.49. The molecule has 3 aromatic rings. The van der Waals surface area contributed by atoms with Crippen LogP contribution >= 0.6 is 0 Å². The number of H-pyrrole nitrogens is 1. The van der Waals surface area contributed by atoms with Gasteiger partial charge in [0.15, 0.2) is 0 Å². The maximum Gasteiger partial charge on any atom is 0.261 e. The lowest BCUT2D eigenvalue weighted by atomic mass is 10.2. The molecular weight excluding hydrogens is 336 g/mol. The van der Waals surface area contributed by atoms with Gasteiger partial charge in [-0.15, -0.1) is 0 Å². The Hall–Kier alpha value is -3.75. The van der Waals surface area contributed by atoms with Crippen LogP contribution in [0.5, 0.6) is 0 Å². The first-order valence-electron chi connectivity index (χ1n) is 7.78. The predicted molar refractivity (Wildman–Crippen MR) is 94.8 cm³/mol. The quantitative estimate of drug-likeness (QED) is 0.641. The van der Waals surface area contributed by atoms with Crippen LogP contribution in [0.25, 0.3) is 0 Å². The van der Waals surface area contributed by atoms with Crippen molar-refractivity contribution in [3.05, 3.63) is 71.2 Å². The highest BCUT2D eigenvalue weighted by atomic mass is 16.2. The van der Waals surface area contributed by atoms with Crippen molar-refractivity contribution in [1.82, 2.24) is 19.7 Å². The third-order valence-electron chi connectivity index (χ3n) is 3.69. The van der Waals surface area contributed by atoms with Crippen LogP contribution in [0, 0.1) is 0 Å². The van der Waals surface area contributed by atoms with E-state index in [2.05, 4.69) is 25.7 Å². The van der Waals surface area contributed by atoms with Crippen molar-refractivity contribution in [3.63, 3.8) is 0 Å². The van der Waals surface area contributed by atoms with Crippen molar-refractivity contribution in [1.29, 1.82) is 0 Å². The summed E-state index contributed by atoms with van der Waals surface area (Å²) in [6, 6.07) is 9.06. The number of rotatable bonds is 5. The fourth-order valence-electron chi connectivity index (χ4n) is 2.22. The molecule has 0 bridgehead atoms. The summed E-state index contributed by atoms with van der Waals surface area (Å²) in [5.74, 6) is -0.758. The fourth-order valence-corrected chi connectivity index (χ4v) is 2.22. The summed E-state index contributed by atoms with van der Waals surface area (Å²) in [6.07, 6.45) is 4.28. The van der Waals surface area contributed by atoms with E-state index in [0.717, 1.165) is 0 Å². The van der Waals surface area contributed by atoms with Crippen molar-refractivity contribution in [2.24, 2.45) is 0 Å². The summed E-state index contributed by atoms with van der Waals surface area (Å²) in [5.41, 5.74) is 0.626. The molecule has 1 aromatic carbocycles. The van der Waals surface area contributed by atoms with Crippen LogP contribution in [-0.4, -0.2) is 31.6 Å². The molecule has 0 radical (unpaired) electrons. The van der Waals surface area contributed by atoms with Gasteiger partial charge in [-0.25, -0.2) is 9.67 Å². The van der Waals surface area contributed by atoms with Gasteiger partial charge in [0.05, 0.1) is 0 Å². The molecule has 2 aromatic heterocycles. The highest BCUT2D eigenvalue weighted by Gasteiger charge is 2.15. The Morgan fingerprint density at radius 1 is 1.12 bits per heavy atom. The van der Waals surface area contributed by atoms with E-state index in [9.17, 15) is 14.4 Å². The monoisotopic (exact) mass is 352 g/mol. The Balaban J connectivity index is 1.63. The highest BCUT2D eigenvalue weighted by molar-refractivity contribution is 6.04. The van der Waals surface area contributed by atoms with Gasteiger partial charge in [-0.1, -0.05) is 0 Å². The van der Waals surface area contributed by atoms with E-state index in [0.29, 0.717) is 11.4 Å². The third-order valence-corrected chi connectivity index (χ3v) is 3.69. The number of benzene rings is 1. The number of nitrogens with zero attached hydrogens (tertiary/aromatic N) is 3. The van der Waals surface area contributed by atoms with E-state index < -0.39 is 17.5 Å². The Kier molecular flexibility index (Phi) is 4.88. The van der Waals surface area contributed by atoms with Gasteiger partial charge < -0.3 is 15.6 Å². The summed E-state index contributed by atoms with van der Waals surface area (Å²) in [6.45, 7) is 1.70. The lowest BCUT2D eigenvalue weighted by Gasteiger charge is -2.12. The van der Waals surface area contributed by atoms with Gasteiger partial charge in [-0.05, 0) is 43.3 Å².